The lowest BCUT2D eigenvalue weighted by atomic mass is 9.96. The maximum absolute atomic E-state index is 12.7. The fraction of sp³-hybridized carbons (Fsp3) is 0.286. The Hall–Kier alpha value is -3.33. The lowest BCUT2D eigenvalue weighted by Crippen LogP contribution is -2.41. The minimum atomic E-state index is -0.296. The maximum atomic E-state index is 12.7. The summed E-state index contributed by atoms with van der Waals surface area (Å²) in [4.78, 5) is 25.7. The van der Waals surface area contributed by atoms with Crippen LogP contribution in [0.25, 0.3) is 0 Å². The summed E-state index contributed by atoms with van der Waals surface area (Å²) in [5, 5.41) is 9.15. The summed E-state index contributed by atoms with van der Waals surface area (Å²) in [6.45, 7) is 1.30. The summed E-state index contributed by atoms with van der Waals surface area (Å²) in [7, 11) is 0. The van der Waals surface area contributed by atoms with Gasteiger partial charge in [-0.1, -0.05) is 24.3 Å². The van der Waals surface area contributed by atoms with Gasteiger partial charge in [0.1, 0.15) is 12.4 Å². The molecular formula is C21H21N3O3. The molecule has 0 spiro atoms. The number of piperidine rings is 1. The van der Waals surface area contributed by atoms with Crippen molar-refractivity contribution in [3.63, 3.8) is 0 Å². The molecule has 2 amide bonds. The van der Waals surface area contributed by atoms with Gasteiger partial charge in [0.2, 0.25) is 5.91 Å². The second-order valence-corrected chi connectivity index (χ2v) is 6.55. The number of hydrogen-bond acceptors (Lipinski definition) is 4. The van der Waals surface area contributed by atoms with Crippen molar-refractivity contribution in [2.45, 2.75) is 19.4 Å². The molecule has 0 unspecified atom stereocenters. The Labute approximate surface area is 158 Å². The van der Waals surface area contributed by atoms with E-state index in [4.69, 9.17) is 15.7 Å². The van der Waals surface area contributed by atoms with E-state index in [0.717, 1.165) is 5.56 Å². The van der Waals surface area contributed by atoms with E-state index in [9.17, 15) is 9.59 Å². The summed E-state index contributed by atoms with van der Waals surface area (Å²) < 4.78 is 5.78. The van der Waals surface area contributed by atoms with Gasteiger partial charge in [-0.3, -0.25) is 9.59 Å². The number of ether oxygens (including phenoxy) is 1. The highest BCUT2D eigenvalue weighted by molar-refractivity contribution is 5.94. The summed E-state index contributed by atoms with van der Waals surface area (Å²) in [6, 6.07) is 16.4. The zero-order valence-electron chi connectivity index (χ0n) is 14.9. The second-order valence-electron chi connectivity index (χ2n) is 6.55. The molecule has 0 bridgehead atoms. The average Bonchev–Trinajstić information content (AvgIpc) is 2.72. The van der Waals surface area contributed by atoms with Gasteiger partial charge in [0.25, 0.3) is 5.91 Å². The first-order valence-electron chi connectivity index (χ1n) is 8.88. The van der Waals surface area contributed by atoms with Gasteiger partial charge >= 0.3 is 0 Å². The maximum Gasteiger partial charge on any atom is 0.253 e. The van der Waals surface area contributed by atoms with Crippen molar-refractivity contribution in [2.75, 3.05) is 13.1 Å². The smallest absolute Gasteiger partial charge is 0.253 e. The van der Waals surface area contributed by atoms with Crippen LogP contribution in [0.15, 0.2) is 48.5 Å². The molecule has 0 saturated carbocycles. The molecule has 2 aromatic carbocycles. The Bertz CT molecular complexity index is 880. The quantitative estimate of drug-likeness (QED) is 0.882. The fourth-order valence-corrected chi connectivity index (χ4v) is 3.18. The number of benzene rings is 2. The molecule has 27 heavy (non-hydrogen) atoms. The van der Waals surface area contributed by atoms with Crippen LogP contribution in [0.2, 0.25) is 0 Å². The van der Waals surface area contributed by atoms with Crippen molar-refractivity contribution in [3.05, 3.63) is 65.2 Å². The molecule has 3 rings (SSSR count). The number of rotatable bonds is 5. The number of likely N-dealkylation sites (tertiary alicyclic amines) is 1. The van der Waals surface area contributed by atoms with Crippen molar-refractivity contribution in [1.29, 1.82) is 5.26 Å². The first-order valence-corrected chi connectivity index (χ1v) is 8.88. The first kappa shape index (κ1) is 18.5. The molecule has 0 aromatic heterocycles. The van der Waals surface area contributed by atoms with E-state index in [2.05, 4.69) is 6.07 Å². The number of carbonyl (C=O) groups is 2. The average molecular weight is 363 g/mol. The molecule has 6 nitrogen and oxygen atoms in total. The Kier molecular flexibility index (Phi) is 5.72. The van der Waals surface area contributed by atoms with Crippen molar-refractivity contribution in [2.24, 2.45) is 11.7 Å². The van der Waals surface area contributed by atoms with Crippen LogP contribution in [0, 0.1) is 17.2 Å². The monoisotopic (exact) mass is 363 g/mol. The van der Waals surface area contributed by atoms with Crippen molar-refractivity contribution < 1.29 is 14.3 Å². The molecule has 1 aliphatic heterocycles. The Morgan fingerprint density at radius 3 is 2.59 bits per heavy atom. The van der Waals surface area contributed by atoms with E-state index < -0.39 is 0 Å². The van der Waals surface area contributed by atoms with E-state index in [0.29, 0.717) is 42.8 Å². The number of nitrogens with two attached hydrogens (primary N) is 1. The van der Waals surface area contributed by atoms with Crippen molar-refractivity contribution in [1.82, 2.24) is 4.90 Å². The molecule has 138 valence electrons. The van der Waals surface area contributed by atoms with Crippen molar-refractivity contribution in [3.8, 4) is 11.8 Å². The largest absolute Gasteiger partial charge is 0.489 e. The Morgan fingerprint density at radius 1 is 1.15 bits per heavy atom. The van der Waals surface area contributed by atoms with Crippen LogP contribution in [0.1, 0.15) is 34.3 Å². The summed E-state index contributed by atoms with van der Waals surface area (Å²) in [6.07, 6.45) is 1.20. The summed E-state index contributed by atoms with van der Waals surface area (Å²) >= 11 is 0. The third-order valence-electron chi connectivity index (χ3n) is 4.80. The van der Waals surface area contributed by atoms with Gasteiger partial charge in [0.05, 0.1) is 11.6 Å². The van der Waals surface area contributed by atoms with Crippen LogP contribution >= 0.6 is 0 Å². The summed E-state index contributed by atoms with van der Waals surface area (Å²) in [5.74, 6) is 0.0421. The number of amides is 2. The Balaban J connectivity index is 1.64. The van der Waals surface area contributed by atoms with Crippen LogP contribution in [-0.2, 0) is 11.4 Å². The Morgan fingerprint density at radius 2 is 1.89 bits per heavy atom. The van der Waals surface area contributed by atoms with Gasteiger partial charge in [0.15, 0.2) is 0 Å². The first-order chi connectivity index (χ1) is 13.1. The minimum absolute atomic E-state index is 0.0826. The predicted octanol–water partition coefficient (Wildman–Crippen LogP) is 2.47. The third-order valence-corrected chi connectivity index (χ3v) is 4.80. The minimum Gasteiger partial charge on any atom is -0.489 e. The molecule has 0 atom stereocenters. The highest BCUT2D eigenvalue weighted by Gasteiger charge is 2.26. The molecule has 0 radical (unpaired) electrons. The molecule has 2 aromatic rings. The van der Waals surface area contributed by atoms with Crippen LogP contribution in [0.3, 0.4) is 0 Å². The third kappa shape index (κ3) is 4.45. The van der Waals surface area contributed by atoms with Gasteiger partial charge in [-0.05, 0) is 37.1 Å². The van der Waals surface area contributed by atoms with Crippen LogP contribution in [-0.4, -0.2) is 29.8 Å². The highest BCUT2D eigenvalue weighted by atomic mass is 16.5. The lowest BCUT2D eigenvalue weighted by molar-refractivity contribution is -0.123. The number of hydrogen-bond donors (Lipinski definition) is 1. The van der Waals surface area contributed by atoms with Gasteiger partial charge < -0.3 is 15.4 Å². The molecule has 0 aliphatic carbocycles. The molecule has 2 N–H and O–H groups in total. The highest BCUT2D eigenvalue weighted by Crippen LogP contribution is 2.21. The van der Waals surface area contributed by atoms with E-state index in [1.54, 1.807) is 35.2 Å². The van der Waals surface area contributed by atoms with E-state index in [-0.39, 0.29) is 24.3 Å². The molecule has 1 heterocycles. The van der Waals surface area contributed by atoms with Gasteiger partial charge in [-0.15, -0.1) is 0 Å². The molecule has 6 heteroatoms. The van der Waals surface area contributed by atoms with E-state index >= 15 is 0 Å². The topological polar surface area (TPSA) is 96.4 Å². The molecule has 1 fully saturated rings. The molecular weight excluding hydrogens is 342 g/mol. The molecule has 1 aliphatic rings. The zero-order valence-corrected chi connectivity index (χ0v) is 14.9. The van der Waals surface area contributed by atoms with Gasteiger partial charge in [-0.25, -0.2) is 0 Å². The van der Waals surface area contributed by atoms with E-state index in [1.165, 1.54) is 0 Å². The lowest BCUT2D eigenvalue weighted by Gasteiger charge is -2.30. The number of primary amides is 1. The number of nitrogens with zero attached hydrogens (tertiary/aromatic N) is 2. The van der Waals surface area contributed by atoms with E-state index in [1.807, 2.05) is 18.2 Å². The van der Waals surface area contributed by atoms with Crippen LogP contribution in [0.5, 0.6) is 5.75 Å². The van der Waals surface area contributed by atoms with Crippen molar-refractivity contribution >= 4 is 11.8 Å². The fourth-order valence-electron chi connectivity index (χ4n) is 3.18. The summed E-state index contributed by atoms with van der Waals surface area (Å²) in [5.41, 5.74) is 7.25. The van der Waals surface area contributed by atoms with Crippen LogP contribution < -0.4 is 10.5 Å². The SMILES string of the molecule is N#Cc1ccccc1COc1cccc(C(=O)N2CCC(C(N)=O)CC2)c1. The normalized spacial score (nSPS) is 14.4. The number of nitriles is 1. The second kappa shape index (κ2) is 8.37. The standard InChI is InChI=1S/C21H21N3O3/c22-13-17-4-1-2-5-18(17)14-27-19-7-3-6-16(12-19)21(26)24-10-8-15(9-11-24)20(23)25/h1-7,12,15H,8-11,14H2,(H2,23,25). The predicted molar refractivity (Wildman–Crippen MR) is 99.8 cm³/mol. The zero-order chi connectivity index (χ0) is 19.2. The van der Waals surface area contributed by atoms with Gasteiger partial charge in [0, 0.05) is 30.1 Å². The number of carbonyl (C=O) groups excluding carboxylic acids is 2. The van der Waals surface area contributed by atoms with Gasteiger partial charge in [-0.2, -0.15) is 5.26 Å². The molecule has 1 saturated heterocycles. The van der Waals surface area contributed by atoms with Crippen LogP contribution in [0.4, 0.5) is 0 Å².